The molecule has 1 spiro atoms. The van der Waals surface area contributed by atoms with Crippen LogP contribution < -0.4 is 15.5 Å². The number of hydrogen-bond donors (Lipinski definition) is 2. The summed E-state index contributed by atoms with van der Waals surface area (Å²) in [6.07, 6.45) is 7.69. The van der Waals surface area contributed by atoms with Crippen molar-refractivity contribution in [2.75, 3.05) is 17.4 Å². The third-order valence-electron chi connectivity index (χ3n) is 6.59. The normalized spacial score (nSPS) is 18.7. The van der Waals surface area contributed by atoms with E-state index in [4.69, 9.17) is 15.2 Å². The monoisotopic (exact) mass is 451 g/mol. The molecule has 1 aromatic carbocycles. The highest BCUT2D eigenvalue weighted by Crippen LogP contribution is 2.46. The van der Waals surface area contributed by atoms with Gasteiger partial charge in [0, 0.05) is 24.3 Å². The highest BCUT2D eigenvalue weighted by Gasteiger charge is 2.45. The van der Waals surface area contributed by atoms with Crippen molar-refractivity contribution >= 4 is 45.2 Å². The molecule has 8 nitrogen and oxygen atoms in total. The van der Waals surface area contributed by atoms with E-state index in [1.165, 1.54) is 25.0 Å². The Hall–Kier alpha value is -2.78. The van der Waals surface area contributed by atoms with Crippen molar-refractivity contribution in [3.8, 4) is 0 Å². The molecule has 1 aliphatic heterocycles. The van der Waals surface area contributed by atoms with Gasteiger partial charge in [-0.25, -0.2) is 14.3 Å². The first kappa shape index (κ1) is 21.1. The van der Waals surface area contributed by atoms with Gasteiger partial charge in [0.05, 0.1) is 16.1 Å². The van der Waals surface area contributed by atoms with Gasteiger partial charge in [-0.1, -0.05) is 33.1 Å². The number of nitrogens with one attached hydrogen (secondary N) is 1. The van der Waals surface area contributed by atoms with Crippen LogP contribution in [0.5, 0.6) is 0 Å². The Morgan fingerprint density at radius 3 is 2.53 bits per heavy atom. The maximum Gasteiger partial charge on any atom is 0.229 e. The summed E-state index contributed by atoms with van der Waals surface area (Å²) in [4.78, 5) is 10.1. The summed E-state index contributed by atoms with van der Waals surface area (Å²) >= 11 is 0. The van der Waals surface area contributed by atoms with Crippen LogP contribution in [0, 0.1) is 5.92 Å². The predicted octanol–water partition coefficient (Wildman–Crippen LogP) is 4.28. The van der Waals surface area contributed by atoms with Crippen LogP contribution >= 0.6 is 0 Å². The molecule has 0 amide bonds. The number of nitrogens with two attached hydrogens (primary N) is 1. The molecular weight excluding hydrogens is 422 g/mol. The third kappa shape index (κ3) is 3.40. The average molecular weight is 452 g/mol. The summed E-state index contributed by atoms with van der Waals surface area (Å²) in [6.45, 7) is 4.47. The van der Waals surface area contributed by atoms with Crippen molar-refractivity contribution in [2.24, 2.45) is 16.2 Å². The zero-order chi connectivity index (χ0) is 22.5. The Kier molecular flexibility index (Phi) is 5.25. The summed E-state index contributed by atoms with van der Waals surface area (Å²) < 4.78 is 13.9. The van der Waals surface area contributed by atoms with Crippen molar-refractivity contribution < 1.29 is 4.21 Å². The fourth-order valence-corrected chi connectivity index (χ4v) is 5.59. The molecule has 168 valence electrons. The molecule has 0 radical (unpaired) electrons. The molecule has 1 fully saturated rings. The van der Waals surface area contributed by atoms with Gasteiger partial charge in [-0.2, -0.15) is 10.1 Å². The first-order chi connectivity index (χ1) is 15.4. The number of aromatic nitrogens is 3. The van der Waals surface area contributed by atoms with Gasteiger partial charge in [0.2, 0.25) is 5.95 Å². The molecule has 0 saturated heterocycles. The molecule has 32 heavy (non-hydrogen) atoms. The molecule has 1 unspecified atom stereocenters. The van der Waals surface area contributed by atoms with Crippen LogP contribution in [0.1, 0.15) is 46.0 Å². The van der Waals surface area contributed by atoms with Gasteiger partial charge in [-0.05, 0) is 49.1 Å². The van der Waals surface area contributed by atoms with Gasteiger partial charge >= 0.3 is 0 Å². The molecule has 5 rings (SSSR count). The Bertz CT molecular complexity index is 1210. The summed E-state index contributed by atoms with van der Waals surface area (Å²) in [7, 11) is 0.518. The van der Waals surface area contributed by atoms with Crippen LogP contribution in [-0.4, -0.2) is 31.5 Å². The van der Waals surface area contributed by atoms with Crippen LogP contribution in [-0.2, 0) is 16.5 Å². The highest BCUT2D eigenvalue weighted by molar-refractivity contribution is 7.82. The van der Waals surface area contributed by atoms with E-state index in [1.54, 1.807) is 12.1 Å². The van der Waals surface area contributed by atoms with E-state index >= 15 is 0 Å². The lowest BCUT2D eigenvalue weighted by atomic mass is 9.74. The summed E-state index contributed by atoms with van der Waals surface area (Å²) in [5.74, 6) is 1.95. The maximum atomic E-state index is 11.4. The summed E-state index contributed by atoms with van der Waals surface area (Å²) in [5.41, 5.74) is 2.86. The Labute approximate surface area is 190 Å². The van der Waals surface area contributed by atoms with Gasteiger partial charge in [0.1, 0.15) is 22.5 Å². The molecule has 3 heterocycles. The van der Waals surface area contributed by atoms with E-state index in [9.17, 15) is 4.21 Å². The van der Waals surface area contributed by atoms with E-state index < -0.39 is 11.0 Å². The molecule has 1 saturated carbocycles. The van der Waals surface area contributed by atoms with Crippen molar-refractivity contribution in [1.29, 1.82) is 0 Å². The van der Waals surface area contributed by atoms with E-state index in [2.05, 4.69) is 34.8 Å². The second-order valence-corrected chi connectivity index (χ2v) is 10.1. The quantitative estimate of drug-likeness (QED) is 0.617. The first-order valence-electron chi connectivity index (χ1n) is 11.1. The van der Waals surface area contributed by atoms with Crippen molar-refractivity contribution in [1.82, 2.24) is 14.5 Å². The zero-order valence-electron chi connectivity index (χ0n) is 18.7. The Morgan fingerprint density at radius 1 is 1.16 bits per heavy atom. The fourth-order valence-electron chi connectivity index (χ4n) is 5.19. The number of rotatable bonds is 4. The average Bonchev–Trinajstić information content (AvgIpc) is 3.17. The second-order valence-electron chi connectivity index (χ2n) is 9.01. The lowest BCUT2D eigenvalue weighted by Gasteiger charge is -2.46. The van der Waals surface area contributed by atoms with Gasteiger partial charge < -0.3 is 5.32 Å². The van der Waals surface area contributed by atoms with Crippen LogP contribution in [0.25, 0.3) is 11.0 Å². The largest absolute Gasteiger partial charge is 0.324 e. The van der Waals surface area contributed by atoms with Gasteiger partial charge in [-0.3, -0.25) is 9.58 Å². The van der Waals surface area contributed by atoms with Crippen molar-refractivity contribution in [2.45, 2.75) is 56.4 Å². The van der Waals surface area contributed by atoms with E-state index in [1.807, 2.05) is 30.4 Å². The Morgan fingerprint density at radius 2 is 1.88 bits per heavy atom. The predicted molar refractivity (Wildman–Crippen MR) is 130 cm³/mol. The lowest BCUT2D eigenvalue weighted by molar-refractivity contribution is 0.274. The molecule has 0 bridgehead atoms. The van der Waals surface area contributed by atoms with Gasteiger partial charge in [0.25, 0.3) is 0 Å². The SMILES string of the molecule is CC(C)C1=NN(C)c2cc3cnc(Nc4ccc(S(N)=O)cc4)nc3n2C12CCCCC2. The summed E-state index contributed by atoms with van der Waals surface area (Å²) in [5, 5.41) is 16.8. The van der Waals surface area contributed by atoms with Crippen LogP contribution in [0.15, 0.2) is 46.5 Å². The molecule has 2 aliphatic rings. The van der Waals surface area contributed by atoms with Crippen LogP contribution in [0.3, 0.4) is 0 Å². The number of hydrazone groups is 1. The fraction of sp³-hybridized carbons (Fsp3) is 0.435. The lowest BCUT2D eigenvalue weighted by Crippen LogP contribution is -2.50. The molecule has 1 aliphatic carbocycles. The zero-order valence-corrected chi connectivity index (χ0v) is 19.5. The number of benzene rings is 1. The summed E-state index contributed by atoms with van der Waals surface area (Å²) in [6, 6.07) is 9.30. The molecule has 2 aromatic heterocycles. The van der Waals surface area contributed by atoms with E-state index in [0.29, 0.717) is 16.8 Å². The topological polar surface area (TPSA) is 101 Å². The Balaban J connectivity index is 1.60. The number of hydrogen-bond acceptors (Lipinski definition) is 6. The molecule has 3 N–H and O–H groups in total. The molecular formula is C23H29N7OS. The number of nitrogens with zero attached hydrogens (tertiary/aromatic N) is 5. The van der Waals surface area contributed by atoms with Gasteiger partial charge in [-0.15, -0.1) is 0 Å². The number of fused-ring (bicyclic) bond motifs is 4. The first-order valence-corrected chi connectivity index (χ1v) is 12.4. The minimum Gasteiger partial charge on any atom is -0.324 e. The van der Waals surface area contributed by atoms with Crippen LogP contribution in [0.4, 0.5) is 17.5 Å². The van der Waals surface area contributed by atoms with E-state index in [0.717, 1.165) is 35.4 Å². The number of anilines is 3. The van der Waals surface area contributed by atoms with Crippen molar-refractivity contribution in [3.63, 3.8) is 0 Å². The molecule has 1 atom stereocenters. The smallest absolute Gasteiger partial charge is 0.229 e. The second kappa shape index (κ2) is 7.97. The minimum atomic E-state index is -1.49. The third-order valence-corrected chi connectivity index (χ3v) is 7.32. The molecule has 3 aromatic rings. The molecule has 9 heteroatoms. The van der Waals surface area contributed by atoms with Crippen LogP contribution in [0.2, 0.25) is 0 Å². The minimum absolute atomic E-state index is 0.130. The maximum absolute atomic E-state index is 11.4. The van der Waals surface area contributed by atoms with E-state index in [-0.39, 0.29) is 5.54 Å². The highest BCUT2D eigenvalue weighted by atomic mass is 32.2. The van der Waals surface area contributed by atoms with Gasteiger partial charge in [0.15, 0.2) is 0 Å². The van der Waals surface area contributed by atoms with Crippen molar-refractivity contribution in [3.05, 3.63) is 36.5 Å². The standard InChI is InChI=1S/C23H29N7OS/c1-15(2)20-23(11-5-4-6-12-23)30-19(29(3)28-20)13-16-14-25-22(27-21(16)30)26-17-7-9-18(10-8-17)32(24)31/h7-10,13-15H,4-6,11-12,24H2,1-3H3,(H,25,26,27).